The number of hydrogen-bond donors (Lipinski definition) is 1. The first-order valence-corrected chi connectivity index (χ1v) is 7.34. The van der Waals surface area contributed by atoms with Crippen LogP contribution in [0.5, 0.6) is 0 Å². The number of fused-ring (bicyclic) bond motifs is 1. The number of carbonyl (C=O) groups is 1. The van der Waals surface area contributed by atoms with Crippen molar-refractivity contribution in [1.29, 1.82) is 0 Å². The van der Waals surface area contributed by atoms with Crippen molar-refractivity contribution in [3.05, 3.63) is 64.1 Å². The number of halogens is 1. The van der Waals surface area contributed by atoms with Gasteiger partial charge in [-0.25, -0.2) is 0 Å². The molecule has 1 aliphatic rings. The molecule has 3 nitrogen and oxygen atoms in total. The van der Waals surface area contributed by atoms with Gasteiger partial charge in [0.25, 0.3) is 0 Å². The van der Waals surface area contributed by atoms with E-state index in [0.717, 1.165) is 21.3 Å². The van der Waals surface area contributed by atoms with Gasteiger partial charge in [-0.15, -0.1) is 0 Å². The maximum absolute atomic E-state index is 12.4. The van der Waals surface area contributed by atoms with E-state index in [9.17, 15) is 4.79 Å². The van der Waals surface area contributed by atoms with Gasteiger partial charge in [-0.05, 0) is 35.7 Å². The molecule has 1 heterocycles. The number of amides is 1. The molecule has 0 aromatic heterocycles. The van der Waals surface area contributed by atoms with Gasteiger partial charge in [-0.3, -0.25) is 4.79 Å². The minimum Gasteiger partial charge on any atom is -0.320 e. The Hall–Kier alpha value is -1.65. The van der Waals surface area contributed by atoms with Gasteiger partial charge in [0.05, 0.1) is 12.6 Å². The fourth-order valence-corrected chi connectivity index (χ4v) is 2.96. The molecule has 20 heavy (non-hydrogen) atoms. The highest BCUT2D eigenvalue weighted by Gasteiger charge is 2.30. The minimum absolute atomic E-state index is 0.0105. The molecule has 0 radical (unpaired) electrons. The highest BCUT2D eigenvalue weighted by atomic mass is 79.9. The zero-order chi connectivity index (χ0) is 14.1. The largest absolute Gasteiger partial charge is 0.320 e. The summed E-state index contributed by atoms with van der Waals surface area (Å²) in [5.41, 5.74) is 9.16. The molecule has 0 fully saturated rings. The maximum atomic E-state index is 12.4. The van der Waals surface area contributed by atoms with Crippen LogP contribution in [0.15, 0.2) is 53.0 Å². The first-order chi connectivity index (χ1) is 9.65. The number of benzene rings is 2. The number of anilines is 1. The molecule has 2 N–H and O–H groups in total. The van der Waals surface area contributed by atoms with E-state index in [-0.39, 0.29) is 5.91 Å². The Bertz CT molecular complexity index is 642. The van der Waals surface area contributed by atoms with Gasteiger partial charge < -0.3 is 10.6 Å². The van der Waals surface area contributed by atoms with Crippen LogP contribution in [0.2, 0.25) is 0 Å². The molecule has 0 bridgehead atoms. The quantitative estimate of drug-likeness (QED) is 0.920. The Morgan fingerprint density at radius 3 is 2.70 bits per heavy atom. The highest BCUT2D eigenvalue weighted by Crippen LogP contribution is 2.31. The zero-order valence-electron chi connectivity index (χ0n) is 10.9. The van der Waals surface area contributed by atoms with Gasteiger partial charge in [0.15, 0.2) is 0 Å². The van der Waals surface area contributed by atoms with Crippen LogP contribution in [0, 0.1) is 0 Å². The van der Waals surface area contributed by atoms with E-state index in [1.165, 1.54) is 0 Å². The van der Waals surface area contributed by atoms with E-state index in [2.05, 4.69) is 15.9 Å². The maximum Gasteiger partial charge on any atom is 0.244 e. The van der Waals surface area contributed by atoms with Crippen LogP contribution in [0.25, 0.3) is 0 Å². The van der Waals surface area contributed by atoms with E-state index in [1.807, 2.05) is 48.5 Å². The summed E-state index contributed by atoms with van der Waals surface area (Å²) in [5.74, 6) is -0.0105. The average Bonchev–Trinajstić information content (AvgIpc) is 2.45. The summed E-state index contributed by atoms with van der Waals surface area (Å²) >= 11 is 3.47. The van der Waals surface area contributed by atoms with Gasteiger partial charge in [0.1, 0.15) is 0 Å². The van der Waals surface area contributed by atoms with Crippen molar-refractivity contribution in [2.45, 2.75) is 19.0 Å². The van der Waals surface area contributed by atoms with Crippen LogP contribution in [-0.2, 0) is 17.8 Å². The summed E-state index contributed by atoms with van der Waals surface area (Å²) in [6.07, 6.45) is 0.596. The molecule has 2 aromatic rings. The third-order valence-corrected chi connectivity index (χ3v) is 4.03. The highest BCUT2D eigenvalue weighted by molar-refractivity contribution is 9.10. The third kappa shape index (κ3) is 2.49. The fraction of sp³-hybridized carbons (Fsp3) is 0.188. The van der Waals surface area contributed by atoms with Crippen LogP contribution in [0.4, 0.5) is 5.69 Å². The topological polar surface area (TPSA) is 46.3 Å². The lowest BCUT2D eigenvalue weighted by Gasteiger charge is -2.33. The van der Waals surface area contributed by atoms with Gasteiger partial charge in [-0.2, -0.15) is 0 Å². The van der Waals surface area contributed by atoms with Crippen LogP contribution in [0.3, 0.4) is 0 Å². The molecule has 1 atom stereocenters. The van der Waals surface area contributed by atoms with E-state index in [1.54, 1.807) is 4.90 Å². The summed E-state index contributed by atoms with van der Waals surface area (Å²) in [6, 6.07) is 15.5. The lowest BCUT2D eigenvalue weighted by atomic mass is 9.97. The molecule has 3 rings (SSSR count). The lowest BCUT2D eigenvalue weighted by molar-refractivity contribution is -0.120. The van der Waals surface area contributed by atoms with E-state index < -0.39 is 6.04 Å². The Balaban J connectivity index is 1.99. The molecule has 1 amide bonds. The molecule has 0 spiro atoms. The normalized spacial score (nSPS) is 18.0. The van der Waals surface area contributed by atoms with Crippen LogP contribution in [0.1, 0.15) is 11.1 Å². The summed E-state index contributed by atoms with van der Waals surface area (Å²) in [7, 11) is 0. The molecule has 4 heteroatoms. The van der Waals surface area contributed by atoms with Crippen molar-refractivity contribution in [3.8, 4) is 0 Å². The Kier molecular flexibility index (Phi) is 3.59. The van der Waals surface area contributed by atoms with Crippen molar-refractivity contribution < 1.29 is 4.79 Å². The van der Waals surface area contributed by atoms with Gasteiger partial charge in [0, 0.05) is 10.2 Å². The Labute approximate surface area is 126 Å². The van der Waals surface area contributed by atoms with Gasteiger partial charge in [0.2, 0.25) is 5.91 Å². The molecule has 0 unspecified atom stereocenters. The van der Waals surface area contributed by atoms with Gasteiger partial charge >= 0.3 is 0 Å². The fourth-order valence-electron chi connectivity index (χ4n) is 2.55. The number of nitrogens with zero attached hydrogens (tertiary/aromatic N) is 1. The van der Waals surface area contributed by atoms with Crippen LogP contribution >= 0.6 is 15.9 Å². The standard InChI is InChI=1S/C16H15BrN2O/c17-13-6-7-15-12(8-13)9-14(18)16(20)19(15)10-11-4-2-1-3-5-11/h1-8,14H,9-10,18H2/t14-/m1/s1. The molecule has 0 aliphatic carbocycles. The molecule has 2 aromatic carbocycles. The molecular weight excluding hydrogens is 316 g/mol. The van der Waals surface area contributed by atoms with Gasteiger partial charge in [-0.1, -0.05) is 46.3 Å². The summed E-state index contributed by atoms with van der Waals surface area (Å²) in [6.45, 7) is 0.558. The predicted octanol–water partition coefficient (Wildman–Crippen LogP) is 2.87. The second-order valence-corrected chi connectivity index (χ2v) is 5.91. The molecule has 1 aliphatic heterocycles. The zero-order valence-corrected chi connectivity index (χ0v) is 12.5. The summed E-state index contributed by atoms with van der Waals surface area (Å²) in [5, 5.41) is 0. The minimum atomic E-state index is -0.458. The van der Waals surface area contributed by atoms with E-state index in [0.29, 0.717) is 13.0 Å². The van der Waals surface area contributed by atoms with E-state index in [4.69, 9.17) is 5.73 Å². The monoisotopic (exact) mass is 330 g/mol. The van der Waals surface area contributed by atoms with E-state index >= 15 is 0 Å². The number of hydrogen-bond acceptors (Lipinski definition) is 2. The molecule has 102 valence electrons. The first-order valence-electron chi connectivity index (χ1n) is 6.54. The molecule has 0 saturated carbocycles. The van der Waals surface area contributed by atoms with Crippen LogP contribution < -0.4 is 10.6 Å². The number of rotatable bonds is 2. The predicted molar refractivity (Wildman–Crippen MR) is 83.5 cm³/mol. The van der Waals surface area contributed by atoms with Crippen molar-refractivity contribution in [2.24, 2.45) is 5.73 Å². The second kappa shape index (κ2) is 5.38. The lowest BCUT2D eigenvalue weighted by Crippen LogP contribution is -2.48. The van der Waals surface area contributed by atoms with Crippen molar-refractivity contribution in [1.82, 2.24) is 0 Å². The second-order valence-electron chi connectivity index (χ2n) is 4.99. The Morgan fingerprint density at radius 2 is 1.95 bits per heavy atom. The van der Waals surface area contributed by atoms with Crippen molar-refractivity contribution in [2.75, 3.05) is 4.90 Å². The van der Waals surface area contributed by atoms with Crippen molar-refractivity contribution in [3.63, 3.8) is 0 Å². The van der Waals surface area contributed by atoms with Crippen molar-refractivity contribution >= 4 is 27.5 Å². The summed E-state index contributed by atoms with van der Waals surface area (Å²) < 4.78 is 1.01. The molecule has 0 saturated heterocycles. The van der Waals surface area contributed by atoms with Crippen LogP contribution in [-0.4, -0.2) is 11.9 Å². The SMILES string of the molecule is N[C@@H]1Cc2cc(Br)ccc2N(Cc2ccccc2)C1=O. The third-order valence-electron chi connectivity index (χ3n) is 3.54. The first kappa shape index (κ1) is 13.3. The smallest absolute Gasteiger partial charge is 0.244 e. The Morgan fingerprint density at radius 1 is 1.20 bits per heavy atom. The number of carbonyl (C=O) groups excluding carboxylic acids is 1. The summed E-state index contributed by atoms with van der Waals surface area (Å²) in [4.78, 5) is 14.1. The average molecular weight is 331 g/mol. The molecular formula is C16H15BrN2O. The number of nitrogens with two attached hydrogens (primary N) is 1.